The first-order valence-corrected chi connectivity index (χ1v) is 7.68. The van der Waals surface area contributed by atoms with E-state index >= 15 is 0 Å². The van der Waals surface area contributed by atoms with Gasteiger partial charge in [-0.25, -0.2) is 17.5 Å². The van der Waals surface area contributed by atoms with Crippen LogP contribution < -0.4 is 4.72 Å². The standard InChI is InChI=1S/C11H15BrFNO3S/c1-17-7-3-2-6-14-18(15,16)9-4-5-10(12)11(13)8-9/h4-5,8,14H,2-3,6-7H2,1H3. The Morgan fingerprint density at radius 3 is 2.72 bits per heavy atom. The van der Waals surface area contributed by atoms with E-state index in [1.54, 1.807) is 7.11 Å². The Morgan fingerprint density at radius 2 is 2.11 bits per heavy atom. The normalized spacial score (nSPS) is 11.7. The predicted molar refractivity (Wildman–Crippen MR) is 70.4 cm³/mol. The third kappa shape index (κ3) is 4.64. The van der Waals surface area contributed by atoms with Crippen LogP contribution >= 0.6 is 15.9 Å². The molecule has 0 unspecified atom stereocenters. The van der Waals surface area contributed by atoms with Crippen LogP contribution in [0.2, 0.25) is 0 Å². The molecule has 1 N–H and O–H groups in total. The topological polar surface area (TPSA) is 55.4 Å². The van der Waals surface area contributed by atoms with Gasteiger partial charge in [0.2, 0.25) is 10.0 Å². The molecule has 4 nitrogen and oxygen atoms in total. The summed E-state index contributed by atoms with van der Waals surface area (Å²) >= 11 is 2.97. The van der Waals surface area contributed by atoms with Crippen molar-refractivity contribution >= 4 is 26.0 Å². The number of rotatable bonds is 7. The number of ether oxygens (including phenoxy) is 1. The van der Waals surface area contributed by atoms with Crippen LogP contribution in [0.4, 0.5) is 4.39 Å². The van der Waals surface area contributed by atoms with E-state index < -0.39 is 15.8 Å². The van der Waals surface area contributed by atoms with E-state index in [-0.39, 0.29) is 9.37 Å². The summed E-state index contributed by atoms with van der Waals surface area (Å²) in [4.78, 5) is -0.0741. The van der Waals surface area contributed by atoms with Crippen molar-refractivity contribution < 1.29 is 17.5 Å². The zero-order chi connectivity index (χ0) is 13.6. The van der Waals surface area contributed by atoms with Crippen molar-refractivity contribution in [3.63, 3.8) is 0 Å². The second kappa shape index (κ2) is 7.18. The summed E-state index contributed by atoms with van der Waals surface area (Å²) in [6.45, 7) is 0.901. The van der Waals surface area contributed by atoms with E-state index in [1.165, 1.54) is 12.1 Å². The fourth-order valence-corrected chi connectivity index (χ4v) is 2.64. The van der Waals surface area contributed by atoms with Gasteiger partial charge in [0, 0.05) is 20.3 Å². The number of hydrogen-bond acceptors (Lipinski definition) is 3. The maximum absolute atomic E-state index is 13.2. The van der Waals surface area contributed by atoms with Gasteiger partial charge in [-0.2, -0.15) is 0 Å². The van der Waals surface area contributed by atoms with Gasteiger partial charge < -0.3 is 4.74 Å². The first-order chi connectivity index (χ1) is 8.47. The van der Waals surface area contributed by atoms with Crippen LogP contribution in [0.15, 0.2) is 27.6 Å². The Kier molecular flexibility index (Phi) is 6.20. The fourth-order valence-electron chi connectivity index (χ4n) is 1.31. The number of nitrogens with one attached hydrogen (secondary N) is 1. The predicted octanol–water partition coefficient (Wildman–Crippen LogP) is 2.29. The van der Waals surface area contributed by atoms with Gasteiger partial charge in [-0.05, 0) is 47.0 Å². The monoisotopic (exact) mass is 339 g/mol. The number of halogens is 2. The van der Waals surface area contributed by atoms with Gasteiger partial charge in [-0.3, -0.25) is 0 Å². The highest BCUT2D eigenvalue weighted by molar-refractivity contribution is 9.10. The Labute approximate surface area is 115 Å². The lowest BCUT2D eigenvalue weighted by molar-refractivity contribution is 0.193. The minimum absolute atomic E-state index is 0.0741. The fraction of sp³-hybridized carbons (Fsp3) is 0.455. The lowest BCUT2D eigenvalue weighted by atomic mass is 10.3. The van der Waals surface area contributed by atoms with Crippen molar-refractivity contribution in [2.24, 2.45) is 0 Å². The van der Waals surface area contributed by atoms with Crippen molar-refractivity contribution in [3.8, 4) is 0 Å². The molecule has 18 heavy (non-hydrogen) atoms. The lowest BCUT2D eigenvalue weighted by Crippen LogP contribution is -2.25. The van der Waals surface area contributed by atoms with E-state index in [0.29, 0.717) is 19.6 Å². The highest BCUT2D eigenvalue weighted by atomic mass is 79.9. The molecule has 0 spiro atoms. The first kappa shape index (κ1) is 15.6. The maximum atomic E-state index is 13.2. The second-order valence-electron chi connectivity index (χ2n) is 3.67. The number of hydrogen-bond donors (Lipinski definition) is 1. The van der Waals surface area contributed by atoms with Crippen LogP contribution in [0.3, 0.4) is 0 Å². The van der Waals surface area contributed by atoms with Gasteiger partial charge >= 0.3 is 0 Å². The van der Waals surface area contributed by atoms with Crippen LogP contribution in [0.1, 0.15) is 12.8 Å². The molecular formula is C11H15BrFNO3S. The summed E-state index contributed by atoms with van der Waals surface area (Å²) in [6.07, 6.45) is 1.44. The van der Waals surface area contributed by atoms with Gasteiger partial charge in [0.1, 0.15) is 5.82 Å². The first-order valence-electron chi connectivity index (χ1n) is 5.41. The van der Waals surface area contributed by atoms with Crippen LogP contribution in [0.25, 0.3) is 0 Å². The molecule has 102 valence electrons. The van der Waals surface area contributed by atoms with Crippen LogP contribution in [-0.2, 0) is 14.8 Å². The molecule has 0 radical (unpaired) electrons. The summed E-state index contributed by atoms with van der Waals surface area (Å²) in [7, 11) is -2.05. The van der Waals surface area contributed by atoms with E-state index in [9.17, 15) is 12.8 Å². The summed E-state index contributed by atoms with van der Waals surface area (Å²) in [6, 6.07) is 3.71. The lowest BCUT2D eigenvalue weighted by Gasteiger charge is -2.07. The average molecular weight is 340 g/mol. The van der Waals surface area contributed by atoms with E-state index in [4.69, 9.17) is 4.74 Å². The molecule has 0 aliphatic heterocycles. The molecule has 0 aliphatic rings. The third-order valence-corrected chi connectivity index (χ3v) is 4.37. The van der Waals surface area contributed by atoms with Crippen molar-refractivity contribution in [1.29, 1.82) is 0 Å². The Hall–Kier alpha value is -0.500. The molecule has 7 heteroatoms. The van der Waals surface area contributed by atoms with Crippen molar-refractivity contribution in [3.05, 3.63) is 28.5 Å². The van der Waals surface area contributed by atoms with Crippen LogP contribution in [0, 0.1) is 5.82 Å². The molecule has 0 fully saturated rings. The Bertz CT molecular complexity index is 493. The molecule has 0 atom stereocenters. The summed E-state index contributed by atoms with van der Waals surface area (Å²) in [5.41, 5.74) is 0. The molecule has 0 aromatic heterocycles. The molecule has 0 saturated carbocycles. The van der Waals surface area contributed by atoms with Gasteiger partial charge in [0.15, 0.2) is 0 Å². The molecule has 0 bridgehead atoms. The van der Waals surface area contributed by atoms with Gasteiger partial charge in [0.05, 0.1) is 9.37 Å². The molecule has 1 aromatic carbocycles. The molecule has 1 aromatic rings. The maximum Gasteiger partial charge on any atom is 0.240 e. The zero-order valence-electron chi connectivity index (χ0n) is 9.95. The van der Waals surface area contributed by atoms with Gasteiger partial charge in [-0.1, -0.05) is 0 Å². The SMILES string of the molecule is COCCCCNS(=O)(=O)c1ccc(Br)c(F)c1. The smallest absolute Gasteiger partial charge is 0.240 e. The van der Waals surface area contributed by atoms with Crippen molar-refractivity contribution in [2.75, 3.05) is 20.3 Å². The van der Waals surface area contributed by atoms with E-state index in [2.05, 4.69) is 20.7 Å². The second-order valence-corrected chi connectivity index (χ2v) is 6.29. The molecular weight excluding hydrogens is 325 g/mol. The molecule has 1 rings (SSSR count). The molecule has 0 amide bonds. The van der Waals surface area contributed by atoms with Crippen LogP contribution in [0.5, 0.6) is 0 Å². The summed E-state index contributed by atoms with van der Waals surface area (Å²) in [5.74, 6) is -0.600. The third-order valence-electron chi connectivity index (χ3n) is 2.27. The van der Waals surface area contributed by atoms with Crippen LogP contribution in [-0.4, -0.2) is 28.7 Å². The number of methoxy groups -OCH3 is 1. The number of unbranched alkanes of at least 4 members (excludes halogenated alkanes) is 1. The van der Waals surface area contributed by atoms with Gasteiger partial charge in [0.25, 0.3) is 0 Å². The quantitative estimate of drug-likeness (QED) is 0.775. The minimum Gasteiger partial charge on any atom is -0.385 e. The van der Waals surface area contributed by atoms with E-state index in [0.717, 1.165) is 12.5 Å². The summed E-state index contributed by atoms with van der Waals surface area (Å²) in [5, 5.41) is 0. The van der Waals surface area contributed by atoms with Crippen molar-refractivity contribution in [2.45, 2.75) is 17.7 Å². The van der Waals surface area contributed by atoms with E-state index in [1.807, 2.05) is 0 Å². The number of benzene rings is 1. The van der Waals surface area contributed by atoms with Crippen molar-refractivity contribution in [1.82, 2.24) is 4.72 Å². The highest BCUT2D eigenvalue weighted by Crippen LogP contribution is 2.19. The zero-order valence-corrected chi connectivity index (χ0v) is 12.4. The molecule has 0 heterocycles. The largest absolute Gasteiger partial charge is 0.385 e. The number of sulfonamides is 1. The summed E-state index contributed by atoms with van der Waals surface area (Å²) < 4.78 is 44.4. The van der Waals surface area contributed by atoms with Gasteiger partial charge in [-0.15, -0.1) is 0 Å². The Morgan fingerprint density at radius 1 is 1.39 bits per heavy atom. The minimum atomic E-state index is -3.64. The highest BCUT2D eigenvalue weighted by Gasteiger charge is 2.14. The molecule has 0 aliphatic carbocycles. The average Bonchev–Trinajstić information content (AvgIpc) is 2.32. The molecule has 0 saturated heterocycles. The Balaban J connectivity index is 2.60.